The minimum absolute atomic E-state index is 0.130. The van der Waals surface area contributed by atoms with E-state index < -0.39 is 5.60 Å². The van der Waals surface area contributed by atoms with Crippen molar-refractivity contribution in [2.75, 3.05) is 6.61 Å². The number of amides is 1. The van der Waals surface area contributed by atoms with Crippen LogP contribution in [-0.2, 0) is 4.74 Å². The molecule has 0 aromatic carbocycles. The smallest absolute Gasteiger partial charge is 0.410 e. The lowest BCUT2D eigenvalue weighted by Crippen LogP contribution is -2.51. The van der Waals surface area contributed by atoms with E-state index in [2.05, 4.69) is 0 Å². The molecule has 4 heteroatoms. The van der Waals surface area contributed by atoms with Gasteiger partial charge in [-0.1, -0.05) is 0 Å². The van der Waals surface area contributed by atoms with Crippen LogP contribution in [-0.4, -0.2) is 40.4 Å². The minimum Gasteiger partial charge on any atom is -0.444 e. The second-order valence-electron chi connectivity index (χ2n) is 6.11. The van der Waals surface area contributed by atoms with Gasteiger partial charge in [0, 0.05) is 18.7 Å². The Kier molecular flexibility index (Phi) is 4.42. The molecule has 0 aromatic rings. The van der Waals surface area contributed by atoms with Crippen molar-refractivity contribution in [1.82, 2.24) is 4.90 Å². The lowest BCUT2D eigenvalue weighted by Gasteiger charge is -2.42. The Labute approximate surface area is 104 Å². The summed E-state index contributed by atoms with van der Waals surface area (Å²) in [7, 11) is 0. The van der Waals surface area contributed by atoms with E-state index in [-0.39, 0.29) is 24.8 Å². The zero-order valence-corrected chi connectivity index (χ0v) is 11.6. The summed E-state index contributed by atoms with van der Waals surface area (Å²) >= 11 is 0. The third kappa shape index (κ3) is 3.87. The fourth-order valence-electron chi connectivity index (χ4n) is 2.55. The topological polar surface area (TPSA) is 49.8 Å². The molecule has 1 amide bonds. The number of ether oxygens (including phenoxy) is 1. The predicted molar refractivity (Wildman–Crippen MR) is 66.8 cm³/mol. The zero-order chi connectivity index (χ0) is 13.2. The highest BCUT2D eigenvalue weighted by molar-refractivity contribution is 5.69. The zero-order valence-electron chi connectivity index (χ0n) is 11.6. The molecular weight excluding hydrogens is 218 g/mol. The molecule has 0 unspecified atom stereocenters. The van der Waals surface area contributed by atoms with Gasteiger partial charge >= 0.3 is 6.09 Å². The number of nitrogens with zero attached hydrogens (tertiary/aromatic N) is 1. The van der Waals surface area contributed by atoms with Gasteiger partial charge in [0.05, 0.1) is 0 Å². The number of piperidine rings is 1. The maximum atomic E-state index is 12.1. The molecule has 1 aliphatic heterocycles. The van der Waals surface area contributed by atoms with Crippen molar-refractivity contribution in [3.8, 4) is 0 Å². The summed E-state index contributed by atoms with van der Waals surface area (Å²) in [6.07, 6.45) is 1.45. The fraction of sp³-hybridized carbons (Fsp3) is 0.923. The fourth-order valence-corrected chi connectivity index (χ4v) is 2.55. The molecule has 17 heavy (non-hydrogen) atoms. The van der Waals surface area contributed by atoms with Crippen molar-refractivity contribution in [3.05, 3.63) is 0 Å². The molecule has 1 heterocycles. The van der Waals surface area contributed by atoms with Gasteiger partial charge in [-0.25, -0.2) is 4.79 Å². The van der Waals surface area contributed by atoms with Crippen LogP contribution in [0, 0.1) is 5.92 Å². The van der Waals surface area contributed by atoms with Gasteiger partial charge < -0.3 is 14.7 Å². The molecule has 4 nitrogen and oxygen atoms in total. The highest BCUT2D eigenvalue weighted by Gasteiger charge is 2.35. The molecule has 0 aliphatic carbocycles. The summed E-state index contributed by atoms with van der Waals surface area (Å²) in [6.45, 7) is 9.86. The summed E-state index contributed by atoms with van der Waals surface area (Å²) in [5, 5.41) is 9.20. The average molecular weight is 243 g/mol. The lowest BCUT2D eigenvalue weighted by atomic mass is 9.88. The van der Waals surface area contributed by atoms with E-state index in [1.54, 1.807) is 4.90 Å². The molecule has 1 fully saturated rings. The molecule has 1 saturated heterocycles. The van der Waals surface area contributed by atoms with Crippen molar-refractivity contribution in [1.29, 1.82) is 0 Å². The Bertz CT molecular complexity index is 260. The molecule has 1 N–H and O–H groups in total. The molecule has 0 bridgehead atoms. The maximum absolute atomic E-state index is 12.1. The van der Waals surface area contributed by atoms with E-state index >= 15 is 0 Å². The molecule has 0 saturated carbocycles. The number of aliphatic hydroxyl groups is 1. The van der Waals surface area contributed by atoms with E-state index in [1.807, 2.05) is 34.6 Å². The number of hydrogen-bond donors (Lipinski definition) is 1. The van der Waals surface area contributed by atoms with E-state index in [1.165, 1.54) is 0 Å². The third-order valence-electron chi connectivity index (χ3n) is 3.16. The molecule has 1 aliphatic rings. The number of hydrogen-bond acceptors (Lipinski definition) is 3. The van der Waals surface area contributed by atoms with Crippen LogP contribution >= 0.6 is 0 Å². The molecule has 1 rings (SSSR count). The Morgan fingerprint density at radius 3 is 2.12 bits per heavy atom. The second kappa shape index (κ2) is 5.25. The number of likely N-dealkylation sites (tertiary alicyclic amines) is 1. The van der Waals surface area contributed by atoms with Gasteiger partial charge in [-0.3, -0.25) is 0 Å². The summed E-state index contributed by atoms with van der Waals surface area (Å²) in [5.74, 6) is 0.304. The van der Waals surface area contributed by atoms with Crippen LogP contribution in [0.25, 0.3) is 0 Å². The standard InChI is InChI=1S/C13H25NO3/c1-9-6-11(8-15)7-10(2)14(9)12(16)17-13(3,4)5/h9-11,15H,6-8H2,1-5H3/t9-,10+,11+. The van der Waals surface area contributed by atoms with E-state index in [0.717, 1.165) is 12.8 Å². The lowest BCUT2D eigenvalue weighted by molar-refractivity contribution is -0.0119. The second-order valence-corrected chi connectivity index (χ2v) is 6.11. The van der Waals surface area contributed by atoms with Crippen LogP contribution in [0.1, 0.15) is 47.5 Å². The molecule has 0 radical (unpaired) electrons. The van der Waals surface area contributed by atoms with Gasteiger partial charge in [-0.05, 0) is 53.4 Å². The molecule has 100 valence electrons. The van der Waals surface area contributed by atoms with Gasteiger partial charge in [0.2, 0.25) is 0 Å². The number of aliphatic hydroxyl groups excluding tert-OH is 1. The van der Waals surface area contributed by atoms with Crippen LogP contribution in [0.15, 0.2) is 0 Å². The predicted octanol–water partition coefficient (Wildman–Crippen LogP) is 2.40. The van der Waals surface area contributed by atoms with Crippen LogP contribution in [0.5, 0.6) is 0 Å². The monoisotopic (exact) mass is 243 g/mol. The maximum Gasteiger partial charge on any atom is 0.410 e. The van der Waals surface area contributed by atoms with Gasteiger partial charge in [0.15, 0.2) is 0 Å². The summed E-state index contributed by atoms with van der Waals surface area (Å²) in [6, 6.07) is 0.261. The van der Waals surface area contributed by atoms with Crippen LogP contribution < -0.4 is 0 Å². The number of carbonyl (C=O) groups excluding carboxylic acids is 1. The average Bonchev–Trinajstić information content (AvgIpc) is 2.13. The summed E-state index contributed by atoms with van der Waals surface area (Å²) < 4.78 is 5.41. The van der Waals surface area contributed by atoms with Gasteiger partial charge in [-0.2, -0.15) is 0 Å². The van der Waals surface area contributed by atoms with Gasteiger partial charge in [0.1, 0.15) is 5.60 Å². The molecule has 3 atom stereocenters. The van der Waals surface area contributed by atoms with Crippen molar-refractivity contribution in [2.24, 2.45) is 5.92 Å². The van der Waals surface area contributed by atoms with Gasteiger partial charge in [-0.15, -0.1) is 0 Å². The Morgan fingerprint density at radius 1 is 1.29 bits per heavy atom. The number of rotatable bonds is 1. The normalized spacial score (nSPS) is 30.2. The molecule has 0 aromatic heterocycles. The first-order chi connectivity index (χ1) is 7.74. The summed E-state index contributed by atoms with van der Waals surface area (Å²) in [4.78, 5) is 13.9. The van der Waals surface area contributed by atoms with Crippen LogP contribution in [0.2, 0.25) is 0 Å². The quantitative estimate of drug-likeness (QED) is 0.769. The molecule has 0 spiro atoms. The van der Waals surface area contributed by atoms with Crippen LogP contribution in [0.3, 0.4) is 0 Å². The highest BCUT2D eigenvalue weighted by Crippen LogP contribution is 2.28. The first-order valence-electron chi connectivity index (χ1n) is 6.36. The van der Waals surface area contributed by atoms with Gasteiger partial charge in [0.25, 0.3) is 0 Å². The first kappa shape index (κ1) is 14.3. The first-order valence-corrected chi connectivity index (χ1v) is 6.36. The molecular formula is C13H25NO3. The minimum atomic E-state index is -0.454. The van der Waals surface area contributed by atoms with E-state index in [4.69, 9.17) is 4.74 Å². The SMILES string of the molecule is C[C@@H]1C[C@H](CO)C[C@H](C)N1C(=O)OC(C)(C)C. The number of carbonyl (C=O) groups is 1. The summed E-state index contributed by atoms with van der Waals surface area (Å²) in [5.41, 5.74) is -0.454. The third-order valence-corrected chi connectivity index (χ3v) is 3.16. The Balaban J connectivity index is 2.67. The largest absolute Gasteiger partial charge is 0.444 e. The van der Waals surface area contributed by atoms with E-state index in [0.29, 0.717) is 5.92 Å². The van der Waals surface area contributed by atoms with Crippen molar-refractivity contribution < 1.29 is 14.6 Å². The highest BCUT2D eigenvalue weighted by atomic mass is 16.6. The van der Waals surface area contributed by atoms with Crippen molar-refractivity contribution in [2.45, 2.75) is 65.1 Å². The van der Waals surface area contributed by atoms with Crippen LogP contribution in [0.4, 0.5) is 4.79 Å². The van der Waals surface area contributed by atoms with Crippen molar-refractivity contribution >= 4 is 6.09 Å². The van der Waals surface area contributed by atoms with Crippen molar-refractivity contribution in [3.63, 3.8) is 0 Å². The van der Waals surface area contributed by atoms with E-state index in [9.17, 15) is 9.90 Å². The Morgan fingerprint density at radius 2 is 1.76 bits per heavy atom. The Hall–Kier alpha value is -0.770.